The van der Waals surface area contributed by atoms with Crippen LogP contribution in [0.1, 0.15) is 24.8 Å². The SMILES string of the molecule is Cc1ccc(Br)cc1NC(=O)C(=O)NCC1(O)CCC1. The van der Waals surface area contributed by atoms with Gasteiger partial charge in [0.15, 0.2) is 0 Å². The number of aliphatic hydroxyl groups is 1. The molecular weight excluding hydrogens is 324 g/mol. The summed E-state index contributed by atoms with van der Waals surface area (Å²) in [6.07, 6.45) is 2.29. The van der Waals surface area contributed by atoms with E-state index in [1.165, 1.54) is 0 Å². The van der Waals surface area contributed by atoms with E-state index in [0.717, 1.165) is 16.5 Å². The molecule has 1 aliphatic carbocycles. The van der Waals surface area contributed by atoms with Crippen molar-refractivity contribution < 1.29 is 14.7 Å². The molecule has 0 aliphatic heterocycles. The molecule has 1 aliphatic rings. The molecule has 20 heavy (non-hydrogen) atoms. The Hall–Kier alpha value is -1.40. The predicted octanol–water partition coefficient (Wildman–Crippen LogP) is 1.73. The molecule has 0 atom stereocenters. The van der Waals surface area contributed by atoms with Gasteiger partial charge < -0.3 is 15.7 Å². The monoisotopic (exact) mass is 340 g/mol. The van der Waals surface area contributed by atoms with E-state index < -0.39 is 17.4 Å². The van der Waals surface area contributed by atoms with Crippen LogP contribution in [0, 0.1) is 6.92 Å². The van der Waals surface area contributed by atoms with Crippen molar-refractivity contribution in [2.75, 3.05) is 11.9 Å². The highest BCUT2D eigenvalue weighted by molar-refractivity contribution is 9.10. The summed E-state index contributed by atoms with van der Waals surface area (Å²) in [6.45, 7) is 1.97. The van der Waals surface area contributed by atoms with Crippen LogP contribution in [0.3, 0.4) is 0 Å². The third-order valence-electron chi connectivity index (χ3n) is 3.52. The van der Waals surface area contributed by atoms with E-state index in [1.807, 2.05) is 19.1 Å². The van der Waals surface area contributed by atoms with Crippen molar-refractivity contribution in [1.29, 1.82) is 0 Å². The zero-order chi connectivity index (χ0) is 14.8. The van der Waals surface area contributed by atoms with Gasteiger partial charge in [-0.1, -0.05) is 22.0 Å². The highest BCUT2D eigenvalue weighted by Gasteiger charge is 2.35. The quantitative estimate of drug-likeness (QED) is 0.733. The average Bonchev–Trinajstić information content (AvgIpc) is 2.38. The van der Waals surface area contributed by atoms with Gasteiger partial charge in [-0.2, -0.15) is 0 Å². The van der Waals surface area contributed by atoms with Gasteiger partial charge >= 0.3 is 11.8 Å². The number of hydrogen-bond donors (Lipinski definition) is 3. The van der Waals surface area contributed by atoms with Gasteiger partial charge in [0, 0.05) is 16.7 Å². The second-order valence-electron chi connectivity index (χ2n) is 5.17. The molecule has 5 nitrogen and oxygen atoms in total. The van der Waals surface area contributed by atoms with Crippen LogP contribution in [-0.2, 0) is 9.59 Å². The zero-order valence-electron chi connectivity index (χ0n) is 11.2. The van der Waals surface area contributed by atoms with E-state index in [2.05, 4.69) is 26.6 Å². The van der Waals surface area contributed by atoms with Crippen molar-refractivity contribution in [2.24, 2.45) is 0 Å². The average molecular weight is 341 g/mol. The first-order valence-corrected chi connectivity index (χ1v) is 7.27. The maximum absolute atomic E-state index is 11.8. The Kier molecular flexibility index (Phi) is 4.45. The number of carbonyl (C=O) groups excluding carboxylic acids is 2. The number of carbonyl (C=O) groups is 2. The number of hydrogen-bond acceptors (Lipinski definition) is 3. The van der Waals surface area contributed by atoms with Crippen molar-refractivity contribution in [3.63, 3.8) is 0 Å². The van der Waals surface area contributed by atoms with Crippen LogP contribution in [0.15, 0.2) is 22.7 Å². The third-order valence-corrected chi connectivity index (χ3v) is 4.01. The van der Waals surface area contributed by atoms with Gasteiger partial charge in [-0.15, -0.1) is 0 Å². The fourth-order valence-corrected chi connectivity index (χ4v) is 2.36. The predicted molar refractivity (Wildman–Crippen MR) is 79.3 cm³/mol. The number of halogens is 1. The van der Waals surface area contributed by atoms with Gasteiger partial charge in [-0.05, 0) is 43.9 Å². The van der Waals surface area contributed by atoms with Crippen LogP contribution in [0.5, 0.6) is 0 Å². The van der Waals surface area contributed by atoms with Crippen molar-refractivity contribution in [1.82, 2.24) is 5.32 Å². The maximum atomic E-state index is 11.8. The number of benzene rings is 1. The Morgan fingerprint density at radius 2 is 2.05 bits per heavy atom. The molecule has 0 unspecified atom stereocenters. The Labute approximate surface area is 125 Å². The Morgan fingerprint density at radius 3 is 2.65 bits per heavy atom. The molecule has 0 bridgehead atoms. The maximum Gasteiger partial charge on any atom is 0.313 e. The Morgan fingerprint density at radius 1 is 1.35 bits per heavy atom. The van der Waals surface area contributed by atoms with Gasteiger partial charge in [0.1, 0.15) is 0 Å². The van der Waals surface area contributed by atoms with E-state index in [9.17, 15) is 14.7 Å². The van der Waals surface area contributed by atoms with Crippen LogP contribution in [-0.4, -0.2) is 29.1 Å². The van der Waals surface area contributed by atoms with E-state index in [-0.39, 0.29) is 6.54 Å². The summed E-state index contributed by atoms with van der Waals surface area (Å²) in [4.78, 5) is 23.5. The lowest BCUT2D eigenvalue weighted by Gasteiger charge is -2.36. The molecule has 1 saturated carbocycles. The minimum Gasteiger partial charge on any atom is -0.388 e. The minimum absolute atomic E-state index is 0.122. The molecule has 2 rings (SSSR count). The lowest BCUT2D eigenvalue weighted by atomic mass is 9.80. The zero-order valence-corrected chi connectivity index (χ0v) is 12.8. The van der Waals surface area contributed by atoms with Gasteiger partial charge in [0.25, 0.3) is 0 Å². The van der Waals surface area contributed by atoms with Crippen LogP contribution in [0.4, 0.5) is 5.69 Å². The summed E-state index contributed by atoms with van der Waals surface area (Å²) < 4.78 is 0.822. The molecule has 1 aromatic carbocycles. The summed E-state index contributed by atoms with van der Waals surface area (Å²) >= 11 is 3.31. The number of aryl methyl sites for hydroxylation is 1. The van der Waals surface area contributed by atoms with E-state index in [4.69, 9.17) is 0 Å². The first kappa shape index (κ1) is 15.0. The first-order chi connectivity index (χ1) is 9.39. The van der Waals surface area contributed by atoms with Crippen molar-refractivity contribution in [3.8, 4) is 0 Å². The molecule has 108 valence electrons. The number of nitrogens with one attached hydrogen (secondary N) is 2. The minimum atomic E-state index is -0.832. The van der Waals surface area contributed by atoms with E-state index in [1.54, 1.807) is 6.07 Å². The lowest BCUT2D eigenvalue weighted by molar-refractivity contribution is -0.137. The topological polar surface area (TPSA) is 78.4 Å². The summed E-state index contributed by atoms with van der Waals surface area (Å²) in [6, 6.07) is 5.44. The molecule has 0 spiro atoms. The second-order valence-corrected chi connectivity index (χ2v) is 6.09. The van der Waals surface area contributed by atoms with Crippen molar-refractivity contribution in [3.05, 3.63) is 28.2 Å². The summed E-state index contributed by atoms with van der Waals surface area (Å²) in [5.74, 6) is -1.46. The highest BCUT2D eigenvalue weighted by atomic mass is 79.9. The first-order valence-electron chi connectivity index (χ1n) is 6.47. The molecular formula is C14H17BrN2O3. The van der Waals surface area contributed by atoms with Crippen LogP contribution < -0.4 is 10.6 Å². The number of anilines is 1. The molecule has 0 radical (unpaired) electrons. The van der Waals surface area contributed by atoms with Crippen molar-refractivity contribution >= 4 is 33.4 Å². The second kappa shape index (κ2) is 5.93. The molecule has 0 heterocycles. The molecule has 6 heteroatoms. The van der Waals surface area contributed by atoms with Gasteiger partial charge in [-0.25, -0.2) is 0 Å². The van der Waals surface area contributed by atoms with Crippen LogP contribution >= 0.6 is 15.9 Å². The van der Waals surface area contributed by atoms with E-state index in [0.29, 0.717) is 18.5 Å². The molecule has 1 fully saturated rings. The summed E-state index contributed by atoms with van der Waals surface area (Å²) in [5, 5.41) is 14.9. The van der Waals surface area contributed by atoms with Gasteiger partial charge in [0.2, 0.25) is 0 Å². The van der Waals surface area contributed by atoms with Gasteiger partial charge in [0.05, 0.1) is 5.60 Å². The Balaban J connectivity index is 1.90. The number of amides is 2. The molecule has 0 saturated heterocycles. The molecule has 2 amide bonds. The summed E-state index contributed by atoms with van der Waals surface area (Å²) in [5.41, 5.74) is 0.621. The Bertz CT molecular complexity index is 541. The fourth-order valence-electron chi connectivity index (χ4n) is 1.99. The van der Waals surface area contributed by atoms with Crippen LogP contribution in [0.2, 0.25) is 0 Å². The molecule has 1 aromatic rings. The van der Waals surface area contributed by atoms with E-state index >= 15 is 0 Å². The standard InChI is InChI=1S/C14H17BrN2O3/c1-9-3-4-10(15)7-11(9)17-13(19)12(18)16-8-14(20)5-2-6-14/h3-4,7,20H,2,5-6,8H2,1H3,(H,16,18)(H,17,19). The molecule has 0 aromatic heterocycles. The van der Waals surface area contributed by atoms with Gasteiger partial charge in [-0.3, -0.25) is 9.59 Å². The highest BCUT2D eigenvalue weighted by Crippen LogP contribution is 2.30. The third kappa shape index (κ3) is 3.58. The summed E-state index contributed by atoms with van der Waals surface area (Å²) in [7, 11) is 0. The normalized spacial score (nSPS) is 16.1. The molecule has 3 N–H and O–H groups in total. The fraction of sp³-hybridized carbons (Fsp3) is 0.429. The smallest absolute Gasteiger partial charge is 0.313 e. The van der Waals surface area contributed by atoms with Crippen LogP contribution in [0.25, 0.3) is 0 Å². The lowest BCUT2D eigenvalue weighted by Crippen LogP contribution is -2.49. The largest absolute Gasteiger partial charge is 0.388 e. The number of rotatable bonds is 3. The van der Waals surface area contributed by atoms with Crippen molar-refractivity contribution in [2.45, 2.75) is 31.8 Å².